The summed E-state index contributed by atoms with van der Waals surface area (Å²) >= 11 is 0. The lowest BCUT2D eigenvalue weighted by molar-refractivity contribution is 0.0827. The average molecular weight is 358 g/mol. The monoisotopic (exact) mass is 358 g/mol. The van der Waals surface area contributed by atoms with Gasteiger partial charge in [0.15, 0.2) is 5.96 Å². The first-order valence-electron chi connectivity index (χ1n) is 9.57. The number of rotatable bonds is 6. The Morgan fingerprint density at radius 1 is 1.35 bits per heavy atom. The molecule has 0 aromatic heterocycles. The van der Waals surface area contributed by atoms with Gasteiger partial charge in [-0.15, -0.1) is 0 Å². The van der Waals surface area contributed by atoms with Crippen molar-refractivity contribution < 1.29 is 9.53 Å². The predicted molar refractivity (Wildman–Crippen MR) is 104 cm³/mol. The fourth-order valence-corrected chi connectivity index (χ4v) is 3.70. The fraction of sp³-hybridized carbons (Fsp3) is 0.600. The number of nitrogens with zero attached hydrogens (tertiary/aromatic N) is 2. The topological polar surface area (TPSA) is 66.0 Å². The van der Waals surface area contributed by atoms with Crippen LogP contribution in [-0.4, -0.2) is 62.2 Å². The molecule has 2 heterocycles. The van der Waals surface area contributed by atoms with Gasteiger partial charge in [0.25, 0.3) is 5.91 Å². The number of guanidine groups is 1. The third-order valence-electron chi connectivity index (χ3n) is 5.02. The van der Waals surface area contributed by atoms with E-state index in [0.717, 1.165) is 42.9 Å². The van der Waals surface area contributed by atoms with Crippen molar-refractivity contribution in [2.45, 2.75) is 50.9 Å². The maximum atomic E-state index is 12.1. The highest BCUT2D eigenvalue weighted by molar-refractivity contribution is 5.94. The standard InChI is InChI=1S/C20H30N4O2/c1-4-21-20(23-17-13-16-8-9-18(17)26-16)22-11-10-14-6-5-7-15(12-14)19(25)24(2)3/h5-7,12,16-18H,4,8-11,13H2,1-3H3,(H2,21,22,23). The number of carbonyl (C=O) groups excluding carboxylic acids is 1. The van der Waals surface area contributed by atoms with E-state index < -0.39 is 0 Å². The Morgan fingerprint density at radius 2 is 2.19 bits per heavy atom. The molecule has 1 amide bonds. The summed E-state index contributed by atoms with van der Waals surface area (Å²) in [5.41, 5.74) is 1.85. The molecule has 2 fully saturated rings. The van der Waals surface area contributed by atoms with Gasteiger partial charge in [-0.1, -0.05) is 12.1 Å². The maximum absolute atomic E-state index is 12.1. The van der Waals surface area contributed by atoms with Crippen LogP contribution in [0.3, 0.4) is 0 Å². The van der Waals surface area contributed by atoms with Crippen molar-refractivity contribution in [3.63, 3.8) is 0 Å². The number of amides is 1. The molecule has 0 radical (unpaired) electrons. The average Bonchev–Trinajstić information content (AvgIpc) is 3.24. The van der Waals surface area contributed by atoms with Gasteiger partial charge >= 0.3 is 0 Å². The second-order valence-corrected chi connectivity index (χ2v) is 7.27. The van der Waals surface area contributed by atoms with Gasteiger partial charge in [-0.3, -0.25) is 9.79 Å². The molecule has 0 spiro atoms. The largest absolute Gasteiger partial charge is 0.373 e. The van der Waals surface area contributed by atoms with Crippen LogP contribution < -0.4 is 10.6 Å². The number of benzene rings is 1. The zero-order chi connectivity index (χ0) is 18.5. The van der Waals surface area contributed by atoms with Gasteiger partial charge in [-0.05, 0) is 50.3 Å². The number of hydrogen-bond acceptors (Lipinski definition) is 3. The summed E-state index contributed by atoms with van der Waals surface area (Å²) in [6.07, 6.45) is 4.98. The lowest BCUT2D eigenvalue weighted by atomic mass is 9.96. The number of hydrogen-bond donors (Lipinski definition) is 2. The van der Waals surface area contributed by atoms with Crippen LogP contribution in [-0.2, 0) is 11.2 Å². The quantitative estimate of drug-likeness (QED) is 0.601. The molecular weight excluding hydrogens is 328 g/mol. The molecule has 0 aliphatic carbocycles. The van der Waals surface area contributed by atoms with E-state index in [1.54, 1.807) is 19.0 Å². The minimum Gasteiger partial charge on any atom is -0.373 e. The molecule has 3 atom stereocenters. The number of aliphatic imine (C=N–C) groups is 1. The molecule has 6 heteroatoms. The van der Waals surface area contributed by atoms with Crippen molar-refractivity contribution in [3.8, 4) is 0 Å². The Bertz CT molecular complexity index is 659. The van der Waals surface area contributed by atoms with Crippen LogP contribution in [0.1, 0.15) is 42.1 Å². The second kappa shape index (κ2) is 8.54. The van der Waals surface area contributed by atoms with Gasteiger partial charge in [0, 0.05) is 32.7 Å². The van der Waals surface area contributed by atoms with E-state index >= 15 is 0 Å². The van der Waals surface area contributed by atoms with Crippen molar-refractivity contribution in [1.82, 2.24) is 15.5 Å². The zero-order valence-electron chi connectivity index (χ0n) is 16.0. The first-order valence-corrected chi connectivity index (χ1v) is 9.57. The highest BCUT2D eigenvalue weighted by Crippen LogP contribution is 2.34. The van der Waals surface area contributed by atoms with Crippen molar-refractivity contribution >= 4 is 11.9 Å². The summed E-state index contributed by atoms with van der Waals surface area (Å²) in [6, 6.07) is 8.17. The van der Waals surface area contributed by atoms with Gasteiger partial charge < -0.3 is 20.3 Å². The van der Waals surface area contributed by atoms with E-state index in [0.29, 0.717) is 24.8 Å². The van der Waals surface area contributed by atoms with E-state index in [1.807, 2.05) is 24.3 Å². The van der Waals surface area contributed by atoms with E-state index in [1.165, 1.54) is 6.42 Å². The van der Waals surface area contributed by atoms with Gasteiger partial charge in [0.2, 0.25) is 0 Å². The minimum absolute atomic E-state index is 0.0293. The van der Waals surface area contributed by atoms with Crippen LogP contribution in [0.4, 0.5) is 0 Å². The summed E-state index contributed by atoms with van der Waals surface area (Å²) in [5.74, 6) is 0.885. The molecule has 2 aliphatic heterocycles. The number of ether oxygens (including phenoxy) is 1. The SMILES string of the molecule is CCNC(=NCCc1cccc(C(=O)N(C)C)c1)NC1CC2CCC1O2. The number of carbonyl (C=O) groups is 1. The van der Waals surface area contributed by atoms with Crippen LogP contribution in [0.25, 0.3) is 0 Å². The molecule has 1 aromatic carbocycles. The summed E-state index contributed by atoms with van der Waals surface area (Å²) in [6.45, 7) is 3.59. The molecule has 2 saturated heterocycles. The number of fused-ring (bicyclic) bond motifs is 2. The lowest BCUT2D eigenvalue weighted by Crippen LogP contribution is -2.47. The summed E-state index contributed by atoms with van der Waals surface area (Å²) in [4.78, 5) is 18.4. The van der Waals surface area contributed by atoms with Crippen LogP contribution >= 0.6 is 0 Å². The van der Waals surface area contributed by atoms with Gasteiger partial charge in [-0.2, -0.15) is 0 Å². The molecule has 0 saturated carbocycles. The summed E-state index contributed by atoms with van der Waals surface area (Å²) in [5, 5.41) is 6.85. The Kier molecular flexibility index (Phi) is 6.14. The normalized spacial score (nSPS) is 24.6. The van der Waals surface area contributed by atoms with E-state index in [-0.39, 0.29) is 5.91 Å². The van der Waals surface area contributed by atoms with E-state index in [4.69, 9.17) is 9.73 Å². The molecule has 2 aliphatic rings. The van der Waals surface area contributed by atoms with Crippen molar-refractivity contribution in [3.05, 3.63) is 35.4 Å². The Morgan fingerprint density at radius 3 is 2.85 bits per heavy atom. The molecule has 3 rings (SSSR count). The van der Waals surface area contributed by atoms with Crippen molar-refractivity contribution in [1.29, 1.82) is 0 Å². The van der Waals surface area contributed by atoms with E-state index in [2.05, 4.69) is 17.6 Å². The van der Waals surface area contributed by atoms with E-state index in [9.17, 15) is 4.79 Å². The fourth-order valence-electron chi connectivity index (χ4n) is 3.70. The van der Waals surface area contributed by atoms with Gasteiger partial charge in [0.05, 0.1) is 18.2 Å². The smallest absolute Gasteiger partial charge is 0.253 e. The zero-order valence-corrected chi connectivity index (χ0v) is 16.0. The van der Waals surface area contributed by atoms with Gasteiger partial charge in [-0.25, -0.2) is 0 Å². The molecule has 1 aromatic rings. The Labute approximate surface area is 156 Å². The van der Waals surface area contributed by atoms with Crippen LogP contribution in [0.15, 0.2) is 29.3 Å². The highest BCUT2D eigenvalue weighted by atomic mass is 16.5. The predicted octanol–water partition coefficient (Wildman–Crippen LogP) is 1.81. The lowest BCUT2D eigenvalue weighted by Gasteiger charge is -2.22. The molecule has 6 nitrogen and oxygen atoms in total. The Balaban J connectivity index is 1.56. The first kappa shape index (κ1) is 18.7. The van der Waals surface area contributed by atoms with Crippen LogP contribution in [0, 0.1) is 0 Å². The second-order valence-electron chi connectivity index (χ2n) is 7.27. The molecule has 142 valence electrons. The van der Waals surface area contributed by atoms with Gasteiger partial charge in [0.1, 0.15) is 0 Å². The van der Waals surface area contributed by atoms with Crippen LogP contribution in [0.2, 0.25) is 0 Å². The van der Waals surface area contributed by atoms with Crippen molar-refractivity contribution in [2.75, 3.05) is 27.2 Å². The maximum Gasteiger partial charge on any atom is 0.253 e. The Hall–Kier alpha value is -2.08. The van der Waals surface area contributed by atoms with Crippen molar-refractivity contribution in [2.24, 2.45) is 4.99 Å². The molecular formula is C20H30N4O2. The van der Waals surface area contributed by atoms with Crippen LogP contribution in [0.5, 0.6) is 0 Å². The molecule has 2 bridgehead atoms. The molecule has 3 unspecified atom stereocenters. The first-order chi connectivity index (χ1) is 12.6. The summed E-state index contributed by atoms with van der Waals surface area (Å²) < 4.78 is 5.91. The third-order valence-corrected chi connectivity index (χ3v) is 5.02. The third kappa shape index (κ3) is 4.55. The molecule has 2 N–H and O–H groups in total. The number of nitrogens with one attached hydrogen (secondary N) is 2. The highest BCUT2D eigenvalue weighted by Gasteiger charge is 2.41. The molecule has 26 heavy (non-hydrogen) atoms. The summed E-state index contributed by atoms with van der Waals surface area (Å²) in [7, 11) is 3.54. The minimum atomic E-state index is 0.0293.